The van der Waals surface area contributed by atoms with Crippen LogP contribution in [0, 0.1) is 0 Å². The average molecular weight is 1140 g/mol. The predicted octanol–water partition coefficient (Wildman–Crippen LogP) is 15.4. The van der Waals surface area contributed by atoms with Crippen LogP contribution in [-0.4, -0.2) is 73.4 Å². The zero-order valence-corrected chi connectivity index (χ0v) is 52.5. The molecule has 446 valence electrons. The van der Waals surface area contributed by atoms with E-state index < -0.39 is 73.4 Å². The van der Waals surface area contributed by atoms with Crippen LogP contribution < -0.4 is 0 Å². The van der Waals surface area contributed by atoms with Crippen molar-refractivity contribution in [1.29, 1.82) is 0 Å². The SMILES string of the molecule is CC(C)(C)c1ccc(C(=O)OCC(OC(=O)c2ccc(C(C)(C)C)cc2)C(OC(=O)c2ccc(C(C)(C)C)cc2)C(OC(=O)c2ccc(C(C)(C)C)cc2)C(COC(=O)c2ccc(C(C)(C)C)cc2)OC(=O)c2ccc(C(C)(C)C)cc2)cc1. The van der Waals surface area contributed by atoms with Crippen molar-refractivity contribution < 1.29 is 57.2 Å². The van der Waals surface area contributed by atoms with Crippen LogP contribution in [0.25, 0.3) is 0 Å². The Balaban J connectivity index is 1.58. The van der Waals surface area contributed by atoms with Crippen molar-refractivity contribution in [3.8, 4) is 0 Å². The first-order chi connectivity index (χ1) is 38.9. The van der Waals surface area contributed by atoms with Crippen molar-refractivity contribution in [3.05, 3.63) is 212 Å². The van der Waals surface area contributed by atoms with Crippen LogP contribution in [0.1, 0.15) is 220 Å². The summed E-state index contributed by atoms with van der Waals surface area (Å²) in [5.74, 6) is -5.46. The second-order valence-electron chi connectivity index (χ2n) is 27.8. The molecule has 0 aromatic heterocycles. The highest BCUT2D eigenvalue weighted by atomic mass is 16.6. The fourth-order valence-corrected chi connectivity index (χ4v) is 9.02. The van der Waals surface area contributed by atoms with E-state index in [4.69, 9.17) is 28.4 Å². The molecule has 4 atom stereocenters. The molecule has 0 bridgehead atoms. The van der Waals surface area contributed by atoms with Crippen molar-refractivity contribution in [2.24, 2.45) is 0 Å². The van der Waals surface area contributed by atoms with Gasteiger partial charge in [0.2, 0.25) is 0 Å². The molecule has 0 N–H and O–H groups in total. The molecule has 0 aliphatic rings. The van der Waals surface area contributed by atoms with Gasteiger partial charge in [0.15, 0.2) is 24.4 Å². The molecule has 6 aromatic rings. The summed E-state index contributed by atoms with van der Waals surface area (Å²) in [6.45, 7) is 35.0. The van der Waals surface area contributed by atoms with Gasteiger partial charge >= 0.3 is 35.8 Å². The maximum absolute atomic E-state index is 15.0. The maximum atomic E-state index is 15.0. The highest BCUT2D eigenvalue weighted by Gasteiger charge is 2.47. The predicted molar refractivity (Wildman–Crippen MR) is 328 cm³/mol. The number of benzene rings is 6. The van der Waals surface area contributed by atoms with E-state index in [0.29, 0.717) is 0 Å². The molecule has 0 radical (unpaired) electrons. The summed E-state index contributed by atoms with van der Waals surface area (Å²) in [5.41, 5.74) is 4.52. The minimum Gasteiger partial charge on any atom is -0.458 e. The monoisotopic (exact) mass is 1140 g/mol. The number of hydrogen-bond acceptors (Lipinski definition) is 12. The first-order valence-electron chi connectivity index (χ1n) is 28.7. The summed E-state index contributed by atoms with van der Waals surface area (Å²) in [7, 11) is 0. The minimum absolute atomic E-state index is 0.0484. The molecular weight excluding hydrogens is 1060 g/mol. The molecule has 4 unspecified atom stereocenters. The molecular formula is C72H86O12. The smallest absolute Gasteiger partial charge is 0.338 e. The molecule has 6 rings (SSSR count). The van der Waals surface area contributed by atoms with Crippen molar-refractivity contribution in [2.75, 3.05) is 13.2 Å². The number of rotatable bonds is 17. The lowest BCUT2D eigenvalue weighted by Gasteiger charge is -2.36. The van der Waals surface area contributed by atoms with Crippen molar-refractivity contribution in [1.82, 2.24) is 0 Å². The van der Waals surface area contributed by atoms with E-state index in [2.05, 4.69) is 0 Å². The fraction of sp³-hybridized carbons (Fsp3) is 0.417. The molecule has 0 aliphatic carbocycles. The summed E-state index contributed by atoms with van der Waals surface area (Å²) in [6, 6.07) is 40.6. The Morgan fingerprint density at radius 1 is 0.250 bits per heavy atom. The first-order valence-corrected chi connectivity index (χ1v) is 28.7. The maximum Gasteiger partial charge on any atom is 0.338 e. The number of esters is 6. The van der Waals surface area contributed by atoms with Crippen LogP contribution in [0.2, 0.25) is 0 Å². The Labute approximate surface area is 498 Å². The van der Waals surface area contributed by atoms with Gasteiger partial charge in [-0.3, -0.25) is 0 Å². The van der Waals surface area contributed by atoms with Crippen molar-refractivity contribution in [2.45, 2.75) is 182 Å². The number of hydrogen-bond donors (Lipinski definition) is 0. The molecule has 12 nitrogen and oxygen atoms in total. The molecule has 0 saturated carbocycles. The van der Waals surface area contributed by atoms with E-state index in [1.165, 1.54) is 0 Å². The Morgan fingerprint density at radius 2 is 0.405 bits per heavy atom. The van der Waals surface area contributed by atoms with Gasteiger partial charge in [-0.15, -0.1) is 0 Å². The van der Waals surface area contributed by atoms with Crippen LogP contribution in [0.3, 0.4) is 0 Å². The van der Waals surface area contributed by atoms with Gasteiger partial charge in [0.1, 0.15) is 13.2 Å². The lowest BCUT2D eigenvalue weighted by molar-refractivity contribution is -0.138. The minimum atomic E-state index is -1.99. The molecule has 0 saturated heterocycles. The normalized spacial score (nSPS) is 13.8. The second kappa shape index (κ2) is 26.0. The topological polar surface area (TPSA) is 158 Å². The van der Waals surface area contributed by atoms with Gasteiger partial charge in [-0.25, -0.2) is 28.8 Å². The Morgan fingerprint density at radius 3 is 0.571 bits per heavy atom. The van der Waals surface area contributed by atoms with Gasteiger partial charge in [-0.05, 0) is 139 Å². The molecule has 0 fully saturated rings. The van der Waals surface area contributed by atoms with E-state index >= 15 is 0 Å². The van der Waals surface area contributed by atoms with E-state index in [-0.39, 0.29) is 65.9 Å². The summed E-state index contributed by atoms with van der Waals surface area (Å²) < 4.78 is 37.9. The van der Waals surface area contributed by atoms with E-state index in [1.54, 1.807) is 121 Å². The quantitative estimate of drug-likeness (QED) is 0.0630. The second-order valence-corrected chi connectivity index (χ2v) is 27.8. The van der Waals surface area contributed by atoms with Gasteiger partial charge in [0.05, 0.1) is 33.4 Å². The molecule has 0 heterocycles. The molecule has 6 aromatic carbocycles. The summed E-state index contributed by atoms with van der Waals surface area (Å²) in [6.07, 6.45) is -7.64. The van der Waals surface area contributed by atoms with Gasteiger partial charge in [-0.2, -0.15) is 0 Å². The van der Waals surface area contributed by atoms with Gasteiger partial charge in [-0.1, -0.05) is 197 Å². The molecule has 0 amide bonds. The third kappa shape index (κ3) is 17.6. The molecule has 0 aliphatic heterocycles. The van der Waals surface area contributed by atoms with Gasteiger partial charge in [0.25, 0.3) is 0 Å². The lowest BCUT2D eigenvalue weighted by atomic mass is 9.86. The number of ether oxygens (including phenoxy) is 6. The summed E-state index contributed by atoms with van der Waals surface area (Å²) >= 11 is 0. The third-order valence-corrected chi connectivity index (χ3v) is 14.7. The largest absolute Gasteiger partial charge is 0.458 e. The van der Waals surface area contributed by atoms with E-state index in [0.717, 1.165) is 33.4 Å². The highest BCUT2D eigenvalue weighted by Crippen LogP contribution is 2.31. The van der Waals surface area contributed by atoms with Crippen LogP contribution in [-0.2, 0) is 60.9 Å². The molecule has 84 heavy (non-hydrogen) atoms. The summed E-state index contributed by atoms with van der Waals surface area (Å²) in [5, 5.41) is 0. The molecule has 12 heteroatoms. The Hall–Kier alpha value is -7.86. The highest BCUT2D eigenvalue weighted by molar-refractivity contribution is 5.93. The fourth-order valence-electron chi connectivity index (χ4n) is 9.02. The lowest BCUT2D eigenvalue weighted by Crippen LogP contribution is -2.54. The van der Waals surface area contributed by atoms with Crippen molar-refractivity contribution >= 4 is 35.8 Å². The number of carbonyl (C=O) groups is 6. The van der Waals surface area contributed by atoms with Gasteiger partial charge < -0.3 is 28.4 Å². The zero-order valence-electron chi connectivity index (χ0n) is 52.5. The van der Waals surface area contributed by atoms with Crippen LogP contribution in [0.15, 0.2) is 146 Å². The van der Waals surface area contributed by atoms with E-state index in [1.807, 2.05) is 149 Å². The Bertz CT molecular complexity index is 3020. The third-order valence-electron chi connectivity index (χ3n) is 14.7. The van der Waals surface area contributed by atoms with Crippen LogP contribution in [0.4, 0.5) is 0 Å². The Kier molecular flexibility index (Phi) is 20.2. The van der Waals surface area contributed by atoms with Crippen molar-refractivity contribution in [3.63, 3.8) is 0 Å². The standard InChI is InChI=1S/C72H86O12/c1-67(2,3)51-31-19-45(20-32-51)61(73)79-43-57(81-63(75)47-23-35-53(36-24-47)69(7,8)9)59(83-65(77)49-27-39-55(40-28-49)71(13,14)15)60(84-66(78)50-29-41-56(42-30-50)72(16,17)18)58(82-64(76)48-25-37-54(38-26-48)70(10,11)12)44-80-62(74)46-21-33-52(34-22-46)68(4,5)6/h19-42,57-60H,43-44H2,1-18H3. The molecule has 0 spiro atoms. The van der Waals surface area contributed by atoms with Crippen LogP contribution in [0.5, 0.6) is 0 Å². The van der Waals surface area contributed by atoms with E-state index in [9.17, 15) is 28.8 Å². The van der Waals surface area contributed by atoms with Gasteiger partial charge in [0, 0.05) is 0 Å². The summed E-state index contributed by atoms with van der Waals surface area (Å²) in [4.78, 5) is 88.0. The van der Waals surface area contributed by atoms with Crippen LogP contribution >= 0.6 is 0 Å². The number of carbonyl (C=O) groups excluding carboxylic acids is 6. The zero-order chi connectivity index (χ0) is 62.3. The average Bonchev–Trinajstić information content (AvgIpc) is 3.44. The first kappa shape index (κ1) is 65.3.